The van der Waals surface area contributed by atoms with Gasteiger partial charge in [0.1, 0.15) is 73.2 Å². The zero-order valence-corrected chi connectivity index (χ0v) is 59.5. The number of hydrogen-bond donors (Lipinski definition) is 12. The number of aliphatic hydroxyl groups excluding tert-OH is 11. The summed E-state index contributed by atoms with van der Waals surface area (Å²) in [5, 5.41) is 121. The van der Waals surface area contributed by atoms with Gasteiger partial charge in [-0.15, -0.1) is 0 Å². The lowest BCUT2D eigenvalue weighted by atomic mass is 9.96. The summed E-state index contributed by atoms with van der Waals surface area (Å²) in [6, 6.07) is -0.883. The maximum atomic E-state index is 13.5. The predicted octanol–water partition coefficient (Wildman–Crippen LogP) is 12.2. The Kier molecular flexibility index (Phi) is 53.1. The zero-order chi connectivity index (χ0) is 68.2. The van der Waals surface area contributed by atoms with E-state index in [0.29, 0.717) is 12.8 Å². The third kappa shape index (κ3) is 38.0. The number of aliphatic hydroxyl groups is 11. The number of carbonyl (C=O) groups is 1. The molecule has 0 radical (unpaired) electrons. The fourth-order valence-corrected chi connectivity index (χ4v) is 13.8. The Morgan fingerprint density at radius 3 is 0.926 bits per heavy atom. The van der Waals surface area contributed by atoms with Crippen molar-refractivity contribution in [2.45, 2.75) is 446 Å². The van der Waals surface area contributed by atoms with Crippen LogP contribution >= 0.6 is 0 Å². The minimum Gasteiger partial charge on any atom is -0.394 e. The van der Waals surface area contributed by atoms with Gasteiger partial charge in [0.15, 0.2) is 18.9 Å². The Bertz CT molecular complexity index is 1700. The van der Waals surface area contributed by atoms with Crippen LogP contribution in [0, 0.1) is 0 Å². The van der Waals surface area contributed by atoms with Gasteiger partial charge in [0.2, 0.25) is 5.91 Å². The summed E-state index contributed by atoms with van der Waals surface area (Å²) in [7, 11) is 0. The predicted molar refractivity (Wildman–Crippen MR) is 370 cm³/mol. The van der Waals surface area contributed by atoms with Crippen LogP contribution in [0.25, 0.3) is 0 Å². The Morgan fingerprint density at radius 2 is 0.606 bits per heavy atom. The van der Waals surface area contributed by atoms with Crippen molar-refractivity contribution in [3.8, 4) is 0 Å². The monoisotopic (exact) mass is 1350 g/mol. The van der Waals surface area contributed by atoms with Crippen molar-refractivity contribution in [3.05, 3.63) is 0 Å². The van der Waals surface area contributed by atoms with Crippen LogP contribution in [0.5, 0.6) is 0 Å². The summed E-state index contributed by atoms with van der Waals surface area (Å²) in [6.07, 6.45) is 37.6. The van der Waals surface area contributed by atoms with E-state index < -0.39 is 124 Å². The first kappa shape index (κ1) is 87.0. The van der Waals surface area contributed by atoms with Crippen molar-refractivity contribution in [2.24, 2.45) is 0 Å². The Balaban J connectivity index is 1.38. The van der Waals surface area contributed by atoms with Crippen molar-refractivity contribution < 1.29 is 89.4 Å². The van der Waals surface area contributed by atoms with E-state index >= 15 is 0 Å². The normalized spacial score (nSPS) is 27.3. The van der Waals surface area contributed by atoms with Gasteiger partial charge in [-0.05, 0) is 12.8 Å². The summed E-state index contributed by atoms with van der Waals surface area (Å²) >= 11 is 0. The molecule has 3 rings (SSSR count). The maximum Gasteiger partial charge on any atom is 0.220 e. The minimum atomic E-state index is -1.97. The third-order valence-corrected chi connectivity index (χ3v) is 20.2. The lowest BCUT2D eigenvalue weighted by Gasteiger charge is -2.48. The fraction of sp³-hybridized carbons (Fsp3) is 0.987. The van der Waals surface area contributed by atoms with Crippen LogP contribution in [0.3, 0.4) is 0 Å². The van der Waals surface area contributed by atoms with E-state index in [9.17, 15) is 61.0 Å². The van der Waals surface area contributed by atoms with Gasteiger partial charge in [-0.2, -0.15) is 0 Å². The van der Waals surface area contributed by atoms with Gasteiger partial charge in [-0.25, -0.2) is 0 Å². The van der Waals surface area contributed by atoms with Crippen LogP contribution < -0.4 is 5.32 Å². The summed E-state index contributed by atoms with van der Waals surface area (Å²) < 4.78 is 34.5. The van der Waals surface area contributed by atoms with Crippen molar-refractivity contribution in [1.82, 2.24) is 5.32 Å². The van der Waals surface area contributed by atoms with Crippen molar-refractivity contribution in [3.63, 3.8) is 0 Å². The van der Waals surface area contributed by atoms with E-state index in [1.54, 1.807) is 0 Å². The molecule has 17 unspecified atom stereocenters. The highest BCUT2D eigenvalue weighted by atomic mass is 16.8. The average Bonchev–Trinajstić information content (AvgIpc) is 0.787. The van der Waals surface area contributed by atoms with Crippen LogP contribution in [0.2, 0.25) is 0 Å². The summed E-state index contributed by atoms with van der Waals surface area (Å²) in [5.74, 6) is -0.233. The first-order valence-corrected chi connectivity index (χ1v) is 39.3. The van der Waals surface area contributed by atoms with Crippen molar-refractivity contribution in [1.29, 1.82) is 0 Å². The average molecular weight is 1350 g/mol. The molecule has 17 atom stereocenters. The number of carbonyl (C=O) groups excluding carboxylic acids is 1. The molecule has 0 saturated carbocycles. The molecule has 3 heterocycles. The second kappa shape index (κ2) is 57.4. The molecule has 0 spiro atoms. The van der Waals surface area contributed by atoms with Gasteiger partial charge in [0.25, 0.3) is 0 Å². The van der Waals surface area contributed by atoms with Gasteiger partial charge < -0.3 is 89.9 Å². The molecule has 558 valence electrons. The molecule has 1 amide bonds. The summed E-state index contributed by atoms with van der Waals surface area (Å²) in [4.78, 5) is 13.5. The molecular formula is C75H145NO18. The Morgan fingerprint density at radius 1 is 0.340 bits per heavy atom. The molecule has 3 aliphatic rings. The topological polar surface area (TPSA) is 307 Å². The fourth-order valence-electron chi connectivity index (χ4n) is 13.8. The van der Waals surface area contributed by atoms with Gasteiger partial charge in [-0.3, -0.25) is 4.79 Å². The quantitative estimate of drug-likeness (QED) is 0.0252. The van der Waals surface area contributed by atoms with E-state index in [2.05, 4.69) is 19.2 Å². The lowest BCUT2D eigenvalue weighted by molar-refractivity contribution is -0.379. The molecule has 0 aromatic rings. The molecule has 0 aliphatic carbocycles. The number of amides is 1. The molecule has 0 bridgehead atoms. The molecule has 3 saturated heterocycles. The molecular weight excluding hydrogens is 1200 g/mol. The first-order chi connectivity index (χ1) is 45.8. The molecule has 94 heavy (non-hydrogen) atoms. The van der Waals surface area contributed by atoms with Gasteiger partial charge in [-0.1, -0.05) is 322 Å². The van der Waals surface area contributed by atoms with Crippen LogP contribution in [0.1, 0.15) is 341 Å². The van der Waals surface area contributed by atoms with Crippen molar-refractivity contribution >= 4 is 5.91 Å². The zero-order valence-electron chi connectivity index (χ0n) is 59.5. The second-order valence-corrected chi connectivity index (χ2v) is 28.5. The van der Waals surface area contributed by atoms with E-state index in [-0.39, 0.29) is 18.9 Å². The van der Waals surface area contributed by atoms with Crippen LogP contribution in [-0.2, 0) is 33.2 Å². The highest BCUT2D eigenvalue weighted by molar-refractivity contribution is 5.76. The first-order valence-electron chi connectivity index (χ1n) is 39.3. The molecule has 3 fully saturated rings. The lowest BCUT2D eigenvalue weighted by Crippen LogP contribution is -2.66. The summed E-state index contributed by atoms with van der Waals surface area (Å²) in [6.45, 7) is 1.87. The molecule has 0 aromatic carbocycles. The highest BCUT2D eigenvalue weighted by Gasteiger charge is 2.54. The van der Waals surface area contributed by atoms with E-state index in [1.807, 2.05) is 0 Å². The third-order valence-electron chi connectivity index (χ3n) is 20.2. The van der Waals surface area contributed by atoms with Crippen molar-refractivity contribution in [2.75, 3.05) is 26.4 Å². The maximum absolute atomic E-state index is 13.5. The molecule has 19 nitrogen and oxygen atoms in total. The standard InChI is InChI=1S/C75H145NO18/c1-3-5-7-9-11-13-15-17-19-21-23-25-27-28-29-30-31-33-35-37-39-41-43-45-47-49-51-53-63(81)76-58(59(80)52-50-48-46-44-42-40-38-36-34-32-26-24-22-20-18-16-14-12-10-8-6-4-2)57-89-73-69(87)66(84)71(61(55-78)91-73)94-75-70(88)67(85)72(62(56-79)92-75)93-74-68(86)65(83)64(82)60(54-77)90-74/h58-62,64-75,77-80,82-88H,3-57H2,1-2H3,(H,76,81). The number of nitrogens with one attached hydrogen (secondary N) is 1. The number of unbranched alkanes of at least 4 members (excludes halogenated alkanes) is 47. The summed E-state index contributed by atoms with van der Waals surface area (Å²) in [5.41, 5.74) is 0. The van der Waals surface area contributed by atoms with Gasteiger partial charge >= 0.3 is 0 Å². The number of hydrogen-bond acceptors (Lipinski definition) is 18. The van der Waals surface area contributed by atoms with Crippen LogP contribution in [-0.4, -0.2) is 193 Å². The number of rotatable bonds is 63. The van der Waals surface area contributed by atoms with E-state index in [0.717, 1.165) is 44.9 Å². The SMILES string of the molecule is CCCCCCCCCCCCCCCCCCCCCCCCCCCCCC(=O)NC(COC1OC(CO)C(OC2OC(CO)C(OC3OC(CO)C(O)C(O)C3O)C(O)C2O)C(O)C1O)C(O)CCCCCCCCCCCCCCCCCCCCCCCC. The smallest absolute Gasteiger partial charge is 0.220 e. The highest BCUT2D eigenvalue weighted by Crippen LogP contribution is 2.33. The van der Waals surface area contributed by atoms with Gasteiger partial charge in [0.05, 0.1) is 38.6 Å². The second-order valence-electron chi connectivity index (χ2n) is 28.5. The minimum absolute atomic E-state index is 0.233. The van der Waals surface area contributed by atoms with E-state index in [1.165, 1.54) is 263 Å². The Labute approximate surface area is 570 Å². The van der Waals surface area contributed by atoms with E-state index in [4.69, 9.17) is 28.4 Å². The van der Waals surface area contributed by atoms with Crippen LogP contribution in [0.4, 0.5) is 0 Å². The number of ether oxygens (including phenoxy) is 6. The Hall–Kier alpha value is -1.21. The largest absolute Gasteiger partial charge is 0.394 e. The molecule has 12 N–H and O–H groups in total. The van der Waals surface area contributed by atoms with Crippen LogP contribution in [0.15, 0.2) is 0 Å². The molecule has 3 aliphatic heterocycles. The molecule has 0 aromatic heterocycles. The van der Waals surface area contributed by atoms with Gasteiger partial charge in [0, 0.05) is 6.42 Å². The molecule has 19 heteroatoms.